The van der Waals surface area contributed by atoms with Crippen molar-refractivity contribution in [2.45, 2.75) is 19.4 Å². The number of likely N-dealkylation sites (N-methyl/N-ethyl adjacent to an activating group) is 1. The van der Waals surface area contributed by atoms with Gasteiger partial charge in [0, 0.05) is 18.4 Å². The van der Waals surface area contributed by atoms with Crippen LogP contribution in [0.1, 0.15) is 22.7 Å². The molecule has 2 rings (SSSR count). The van der Waals surface area contributed by atoms with E-state index in [0.717, 1.165) is 17.0 Å². The van der Waals surface area contributed by atoms with Gasteiger partial charge in [-0.1, -0.05) is 35.9 Å². The van der Waals surface area contributed by atoms with E-state index in [1.165, 1.54) is 11.1 Å². The SMILES string of the molecule is CNC(Cc1ccncc1Cl)c1ccccc1C. The fourth-order valence-corrected chi connectivity index (χ4v) is 2.33. The van der Waals surface area contributed by atoms with Gasteiger partial charge in [-0.15, -0.1) is 0 Å². The highest BCUT2D eigenvalue weighted by Gasteiger charge is 2.13. The zero-order valence-corrected chi connectivity index (χ0v) is 11.4. The van der Waals surface area contributed by atoms with Gasteiger partial charge in [-0.2, -0.15) is 0 Å². The molecule has 0 radical (unpaired) electrons. The predicted molar refractivity (Wildman–Crippen MR) is 75.9 cm³/mol. The summed E-state index contributed by atoms with van der Waals surface area (Å²) < 4.78 is 0. The Hall–Kier alpha value is -1.38. The van der Waals surface area contributed by atoms with Crippen LogP contribution in [0.2, 0.25) is 5.02 Å². The van der Waals surface area contributed by atoms with E-state index in [1.54, 1.807) is 12.4 Å². The zero-order chi connectivity index (χ0) is 13.0. The standard InChI is InChI=1S/C15H17ClN2/c1-11-5-3-4-6-13(11)15(17-2)9-12-7-8-18-10-14(12)16/h3-8,10,15,17H,9H2,1-2H3. The topological polar surface area (TPSA) is 24.9 Å². The first-order chi connectivity index (χ1) is 8.72. The lowest BCUT2D eigenvalue weighted by Gasteiger charge is -2.19. The van der Waals surface area contributed by atoms with E-state index < -0.39 is 0 Å². The van der Waals surface area contributed by atoms with E-state index in [0.29, 0.717) is 0 Å². The number of aromatic nitrogens is 1. The fourth-order valence-electron chi connectivity index (χ4n) is 2.13. The minimum atomic E-state index is 0.270. The molecule has 2 nitrogen and oxygen atoms in total. The first-order valence-corrected chi connectivity index (χ1v) is 6.41. The first kappa shape index (κ1) is 13.1. The number of pyridine rings is 1. The van der Waals surface area contributed by atoms with Crippen LogP contribution in [0.15, 0.2) is 42.7 Å². The third-order valence-electron chi connectivity index (χ3n) is 3.19. The normalized spacial score (nSPS) is 12.4. The minimum Gasteiger partial charge on any atom is -0.313 e. The van der Waals surface area contributed by atoms with Crippen LogP contribution in [0.4, 0.5) is 0 Å². The Morgan fingerprint density at radius 2 is 2.06 bits per heavy atom. The molecule has 1 unspecified atom stereocenters. The lowest BCUT2D eigenvalue weighted by atomic mass is 9.96. The molecule has 1 aromatic carbocycles. The van der Waals surface area contributed by atoms with Crippen LogP contribution in [0, 0.1) is 6.92 Å². The van der Waals surface area contributed by atoms with Crippen LogP contribution in [0.5, 0.6) is 0 Å². The molecule has 0 bridgehead atoms. The van der Waals surface area contributed by atoms with Crippen LogP contribution < -0.4 is 5.32 Å². The quantitative estimate of drug-likeness (QED) is 0.910. The van der Waals surface area contributed by atoms with Crippen molar-refractivity contribution in [2.75, 3.05) is 7.05 Å². The van der Waals surface area contributed by atoms with Gasteiger partial charge >= 0.3 is 0 Å². The number of hydrogen-bond acceptors (Lipinski definition) is 2. The number of halogens is 1. The molecule has 0 fully saturated rings. The average Bonchev–Trinajstić information content (AvgIpc) is 2.39. The first-order valence-electron chi connectivity index (χ1n) is 6.03. The van der Waals surface area contributed by atoms with Gasteiger partial charge < -0.3 is 5.32 Å². The highest BCUT2D eigenvalue weighted by molar-refractivity contribution is 6.31. The highest BCUT2D eigenvalue weighted by atomic mass is 35.5. The molecule has 0 saturated heterocycles. The van der Waals surface area contributed by atoms with Gasteiger partial charge in [0.15, 0.2) is 0 Å². The highest BCUT2D eigenvalue weighted by Crippen LogP contribution is 2.24. The molecule has 0 aliphatic carbocycles. The summed E-state index contributed by atoms with van der Waals surface area (Å²) in [5.74, 6) is 0. The second-order valence-electron chi connectivity index (χ2n) is 4.37. The Morgan fingerprint density at radius 3 is 2.72 bits per heavy atom. The monoisotopic (exact) mass is 260 g/mol. The predicted octanol–water partition coefficient (Wildman–Crippen LogP) is 3.55. The lowest BCUT2D eigenvalue weighted by Crippen LogP contribution is -2.20. The largest absolute Gasteiger partial charge is 0.313 e. The van der Waals surface area contributed by atoms with E-state index in [-0.39, 0.29) is 6.04 Å². The number of rotatable bonds is 4. The Kier molecular flexibility index (Phi) is 4.34. The molecule has 2 aromatic rings. The maximum Gasteiger partial charge on any atom is 0.0622 e. The van der Waals surface area contributed by atoms with Crippen LogP contribution >= 0.6 is 11.6 Å². The van der Waals surface area contributed by atoms with Crippen molar-refractivity contribution in [3.8, 4) is 0 Å². The van der Waals surface area contributed by atoms with Gasteiger partial charge in [-0.25, -0.2) is 0 Å². The summed E-state index contributed by atoms with van der Waals surface area (Å²) in [6, 6.07) is 10.7. The Bertz CT molecular complexity index is 525. The minimum absolute atomic E-state index is 0.270. The number of benzene rings is 1. The second kappa shape index (κ2) is 5.98. The summed E-state index contributed by atoms with van der Waals surface area (Å²) in [6.07, 6.45) is 4.34. The molecule has 0 aliphatic heterocycles. The molecule has 3 heteroatoms. The number of aryl methyl sites for hydroxylation is 1. The molecule has 1 heterocycles. The van der Waals surface area contributed by atoms with Crippen molar-refractivity contribution in [1.29, 1.82) is 0 Å². The van der Waals surface area contributed by atoms with E-state index in [1.807, 2.05) is 13.1 Å². The Labute approximate surface area is 113 Å². The van der Waals surface area contributed by atoms with Crippen molar-refractivity contribution in [3.63, 3.8) is 0 Å². The third-order valence-corrected chi connectivity index (χ3v) is 3.53. The summed E-state index contributed by atoms with van der Waals surface area (Å²) in [4.78, 5) is 4.02. The molecule has 18 heavy (non-hydrogen) atoms. The van der Waals surface area contributed by atoms with Crippen molar-refractivity contribution < 1.29 is 0 Å². The summed E-state index contributed by atoms with van der Waals surface area (Å²) in [5, 5.41) is 4.08. The maximum absolute atomic E-state index is 6.16. The molecule has 0 aliphatic rings. The molecular weight excluding hydrogens is 244 g/mol. The van der Waals surface area contributed by atoms with Crippen LogP contribution in [0.25, 0.3) is 0 Å². The van der Waals surface area contributed by atoms with Crippen LogP contribution in [-0.4, -0.2) is 12.0 Å². The van der Waals surface area contributed by atoms with E-state index in [4.69, 9.17) is 11.6 Å². The van der Waals surface area contributed by atoms with Crippen molar-refractivity contribution in [1.82, 2.24) is 10.3 Å². The molecule has 1 N–H and O–H groups in total. The maximum atomic E-state index is 6.16. The molecule has 94 valence electrons. The van der Waals surface area contributed by atoms with Crippen molar-refractivity contribution in [2.24, 2.45) is 0 Å². The van der Waals surface area contributed by atoms with Gasteiger partial charge in [0.05, 0.1) is 5.02 Å². The fraction of sp³-hybridized carbons (Fsp3) is 0.267. The smallest absolute Gasteiger partial charge is 0.0622 e. The van der Waals surface area contributed by atoms with Crippen molar-refractivity contribution in [3.05, 3.63) is 64.4 Å². The average molecular weight is 261 g/mol. The van der Waals surface area contributed by atoms with E-state index in [2.05, 4.69) is 41.5 Å². The van der Waals surface area contributed by atoms with Gasteiger partial charge in [0.2, 0.25) is 0 Å². The number of nitrogens with zero attached hydrogens (tertiary/aromatic N) is 1. The van der Waals surface area contributed by atoms with Gasteiger partial charge in [0.25, 0.3) is 0 Å². The van der Waals surface area contributed by atoms with Crippen LogP contribution in [0.3, 0.4) is 0 Å². The Morgan fingerprint density at radius 1 is 1.28 bits per heavy atom. The summed E-state index contributed by atoms with van der Waals surface area (Å²) in [7, 11) is 1.98. The molecular formula is C15H17ClN2. The van der Waals surface area contributed by atoms with Crippen molar-refractivity contribution >= 4 is 11.6 Å². The molecule has 0 amide bonds. The lowest BCUT2D eigenvalue weighted by molar-refractivity contribution is 0.589. The number of nitrogens with one attached hydrogen (secondary N) is 1. The molecule has 0 saturated carbocycles. The number of hydrogen-bond donors (Lipinski definition) is 1. The summed E-state index contributed by atoms with van der Waals surface area (Å²) in [5.41, 5.74) is 3.73. The third kappa shape index (κ3) is 2.89. The summed E-state index contributed by atoms with van der Waals surface area (Å²) >= 11 is 6.16. The van der Waals surface area contributed by atoms with Gasteiger partial charge in [-0.05, 0) is 43.1 Å². The molecule has 0 spiro atoms. The molecule has 1 atom stereocenters. The van der Waals surface area contributed by atoms with Crippen LogP contribution in [-0.2, 0) is 6.42 Å². The van der Waals surface area contributed by atoms with Gasteiger partial charge in [0.1, 0.15) is 0 Å². The van der Waals surface area contributed by atoms with E-state index in [9.17, 15) is 0 Å². The summed E-state index contributed by atoms with van der Waals surface area (Å²) in [6.45, 7) is 2.13. The van der Waals surface area contributed by atoms with E-state index >= 15 is 0 Å². The molecule has 1 aromatic heterocycles. The van der Waals surface area contributed by atoms with Gasteiger partial charge in [-0.3, -0.25) is 4.98 Å². The second-order valence-corrected chi connectivity index (χ2v) is 4.78. The zero-order valence-electron chi connectivity index (χ0n) is 10.7. The Balaban J connectivity index is 2.26.